The van der Waals surface area contributed by atoms with Crippen molar-refractivity contribution in [3.05, 3.63) is 54.6 Å². The first kappa shape index (κ1) is 16.8. The van der Waals surface area contributed by atoms with E-state index in [-0.39, 0.29) is 0 Å². The molecule has 2 aromatic rings. The van der Waals surface area contributed by atoms with E-state index < -0.39 is 0 Å². The Hall–Kier alpha value is -2.04. The van der Waals surface area contributed by atoms with Crippen molar-refractivity contribution >= 4 is 0 Å². The number of hydrogen-bond donors (Lipinski definition) is 0. The van der Waals surface area contributed by atoms with Crippen LogP contribution in [0.25, 0.3) is 0 Å². The van der Waals surface area contributed by atoms with E-state index in [9.17, 15) is 0 Å². The van der Waals surface area contributed by atoms with Crippen LogP contribution in [0, 0.1) is 0 Å². The fourth-order valence-corrected chi connectivity index (χ4v) is 2.70. The second-order valence-corrected chi connectivity index (χ2v) is 5.90. The second-order valence-electron chi connectivity index (χ2n) is 5.90. The molecule has 0 aliphatic carbocycles. The third kappa shape index (κ3) is 5.55. The molecular weight excluding hydrogens is 302 g/mol. The second kappa shape index (κ2) is 9.30. The fraction of sp³-hybridized carbons (Fsp3) is 0.400. The molecule has 0 aromatic heterocycles. The van der Waals surface area contributed by atoms with Gasteiger partial charge in [0, 0.05) is 19.2 Å². The van der Waals surface area contributed by atoms with Crippen molar-refractivity contribution in [1.82, 2.24) is 4.90 Å². The van der Waals surface area contributed by atoms with Crippen LogP contribution in [0.3, 0.4) is 0 Å². The van der Waals surface area contributed by atoms with E-state index >= 15 is 0 Å². The van der Waals surface area contributed by atoms with Crippen molar-refractivity contribution in [3.8, 4) is 17.2 Å². The standard InChI is InChI=1S/C20H25NO3/c1-2-7-18(8-3-1)24-20-10-6-9-19(17-20)23-14-5-4-11-21-12-15-22-16-13-21/h1-3,6-10,17H,4-5,11-16H2. The monoisotopic (exact) mass is 327 g/mol. The Balaban J connectivity index is 1.38. The molecule has 1 saturated heterocycles. The molecule has 1 aliphatic heterocycles. The molecule has 0 spiro atoms. The average Bonchev–Trinajstić information content (AvgIpc) is 2.63. The Morgan fingerprint density at radius 3 is 2.42 bits per heavy atom. The molecule has 0 atom stereocenters. The van der Waals surface area contributed by atoms with E-state index in [4.69, 9.17) is 14.2 Å². The quantitative estimate of drug-likeness (QED) is 0.687. The van der Waals surface area contributed by atoms with Gasteiger partial charge in [0.25, 0.3) is 0 Å². The summed E-state index contributed by atoms with van der Waals surface area (Å²) in [5.74, 6) is 2.49. The van der Waals surface area contributed by atoms with Crippen LogP contribution in [0.4, 0.5) is 0 Å². The first-order chi connectivity index (χ1) is 11.9. The first-order valence-corrected chi connectivity index (χ1v) is 8.66. The summed E-state index contributed by atoms with van der Waals surface area (Å²) in [6, 6.07) is 17.6. The van der Waals surface area contributed by atoms with Crippen LogP contribution in [0.1, 0.15) is 12.8 Å². The van der Waals surface area contributed by atoms with E-state index in [1.54, 1.807) is 0 Å². The molecule has 24 heavy (non-hydrogen) atoms. The number of morpholine rings is 1. The van der Waals surface area contributed by atoms with Crippen LogP contribution < -0.4 is 9.47 Å². The maximum atomic E-state index is 5.85. The van der Waals surface area contributed by atoms with Gasteiger partial charge >= 0.3 is 0 Å². The lowest BCUT2D eigenvalue weighted by molar-refractivity contribution is 0.0368. The van der Waals surface area contributed by atoms with Gasteiger partial charge in [0.15, 0.2) is 0 Å². The van der Waals surface area contributed by atoms with Gasteiger partial charge in [-0.15, -0.1) is 0 Å². The molecule has 4 nitrogen and oxygen atoms in total. The smallest absolute Gasteiger partial charge is 0.131 e. The van der Waals surface area contributed by atoms with E-state index in [1.165, 1.54) is 0 Å². The maximum absolute atomic E-state index is 5.85. The molecule has 1 aliphatic rings. The summed E-state index contributed by atoms with van der Waals surface area (Å²) in [6.45, 7) is 5.71. The van der Waals surface area contributed by atoms with Crippen molar-refractivity contribution in [1.29, 1.82) is 0 Å². The van der Waals surface area contributed by atoms with Gasteiger partial charge in [0.1, 0.15) is 17.2 Å². The zero-order valence-corrected chi connectivity index (χ0v) is 14.0. The Bertz CT molecular complexity index is 597. The Morgan fingerprint density at radius 2 is 1.58 bits per heavy atom. The summed E-state index contributed by atoms with van der Waals surface area (Å²) in [5, 5.41) is 0. The van der Waals surface area contributed by atoms with Gasteiger partial charge < -0.3 is 14.2 Å². The summed E-state index contributed by atoms with van der Waals surface area (Å²) in [6.07, 6.45) is 2.21. The Kier molecular flexibility index (Phi) is 6.51. The van der Waals surface area contributed by atoms with Crippen LogP contribution in [-0.4, -0.2) is 44.4 Å². The van der Waals surface area contributed by atoms with Crippen molar-refractivity contribution in [3.63, 3.8) is 0 Å². The minimum Gasteiger partial charge on any atom is -0.493 e. The predicted molar refractivity (Wildman–Crippen MR) is 94.9 cm³/mol. The van der Waals surface area contributed by atoms with E-state index in [1.807, 2.05) is 54.6 Å². The largest absolute Gasteiger partial charge is 0.493 e. The van der Waals surface area contributed by atoms with Gasteiger partial charge in [-0.3, -0.25) is 4.90 Å². The van der Waals surface area contributed by atoms with Gasteiger partial charge in [-0.2, -0.15) is 0 Å². The van der Waals surface area contributed by atoms with Crippen LogP contribution in [0.5, 0.6) is 17.2 Å². The summed E-state index contributed by atoms with van der Waals surface area (Å²) >= 11 is 0. The molecule has 2 aromatic carbocycles. The van der Waals surface area contributed by atoms with Crippen LogP contribution >= 0.6 is 0 Å². The number of para-hydroxylation sites is 1. The molecule has 0 N–H and O–H groups in total. The number of unbranched alkanes of at least 4 members (excludes halogenated alkanes) is 1. The van der Waals surface area contributed by atoms with Crippen molar-refractivity contribution in [2.45, 2.75) is 12.8 Å². The molecule has 0 amide bonds. The Labute approximate surface area is 144 Å². The van der Waals surface area contributed by atoms with Crippen molar-refractivity contribution in [2.24, 2.45) is 0 Å². The molecular formula is C20H25NO3. The van der Waals surface area contributed by atoms with Gasteiger partial charge in [0.05, 0.1) is 19.8 Å². The minimum absolute atomic E-state index is 0.735. The Morgan fingerprint density at radius 1 is 0.833 bits per heavy atom. The van der Waals surface area contributed by atoms with E-state index in [2.05, 4.69) is 4.90 Å². The number of ether oxygens (including phenoxy) is 3. The van der Waals surface area contributed by atoms with Crippen molar-refractivity contribution in [2.75, 3.05) is 39.5 Å². The molecule has 1 fully saturated rings. The normalized spacial score (nSPS) is 15.2. The van der Waals surface area contributed by atoms with E-state index in [0.29, 0.717) is 0 Å². The number of hydrogen-bond acceptors (Lipinski definition) is 4. The third-order valence-corrected chi connectivity index (χ3v) is 4.03. The molecule has 128 valence electrons. The molecule has 0 unspecified atom stereocenters. The summed E-state index contributed by atoms with van der Waals surface area (Å²) < 4.78 is 17.0. The fourth-order valence-electron chi connectivity index (χ4n) is 2.70. The highest BCUT2D eigenvalue weighted by Gasteiger charge is 2.09. The predicted octanol–water partition coefficient (Wildman–Crippen LogP) is 3.97. The molecule has 4 heteroatoms. The highest BCUT2D eigenvalue weighted by Crippen LogP contribution is 2.25. The topological polar surface area (TPSA) is 30.9 Å². The van der Waals surface area contributed by atoms with Crippen LogP contribution in [0.2, 0.25) is 0 Å². The van der Waals surface area contributed by atoms with E-state index in [0.717, 1.165) is 69.5 Å². The van der Waals surface area contributed by atoms with Crippen LogP contribution in [-0.2, 0) is 4.74 Å². The number of rotatable bonds is 8. The molecule has 3 rings (SSSR count). The summed E-state index contributed by atoms with van der Waals surface area (Å²) in [5.41, 5.74) is 0. The zero-order chi connectivity index (χ0) is 16.5. The lowest BCUT2D eigenvalue weighted by Crippen LogP contribution is -2.36. The molecule has 0 radical (unpaired) electrons. The zero-order valence-electron chi connectivity index (χ0n) is 14.0. The van der Waals surface area contributed by atoms with Gasteiger partial charge in [-0.25, -0.2) is 0 Å². The van der Waals surface area contributed by atoms with Crippen LogP contribution in [0.15, 0.2) is 54.6 Å². The highest BCUT2D eigenvalue weighted by atomic mass is 16.5. The first-order valence-electron chi connectivity index (χ1n) is 8.66. The SMILES string of the molecule is c1ccc(Oc2cccc(OCCCCN3CCOCC3)c2)cc1. The molecule has 0 saturated carbocycles. The minimum atomic E-state index is 0.735. The lowest BCUT2D eigenvalue weighted by Gasteiger charge is -2.26. The maximum Gasteiger partial charge on any atom is 0.131 e. The summed E-state index contributed by atoms with van der Waals surface area (Å²) in [7, 11) is 0. The average molecular weight is 327 g/mol. The third-order valence-electron chi connectivity index (χ3n) is 4.03. The van der Waals surface area contributed by atoms with Gasteiger partial charge in [-0.05, 0) is 43.7 Å². The number of nitrogens with zero attached hydrogens (tertiary/aromatic N) is 1. The lowest BCUT2D eigenvalue weighted by atomic mass is 10.3. The van der Waals surface area contributed by atoms with Gasteiger partial charge in [-0.1, -0.05) is 24.3 Å². The summed E-state index contributed by atoms with van der Waals surface area (Å²) in [4.78, 5) is 2.46. The number of benzene rings is 2. The highest BCUT2D eigenvalue weighted by molar-refractivity contribution is 5.36. The van der Waals surface area contributed by atoms with Gasteiger partial charge in [0.2, 0.25) is 0 Å². The molecule has 1 heterocycles. The molecule has 0 bridgehead atoms. The van der Waals surface area contributed by atoms with Crippen molar-refractivity contribution < 1.29 is 14.2 Å².